The van der Waals surface area contributed by atoms with Gasteiger partial charge in [0, 0.05) is 12.8 Å². The van der Waals surface area contributed by atoms with Crippen molar-refractivity contribution in [2.75, 3.05) is 6.61 Å². The van der Waals surface area contributed by atoms with Crippen molar-refractivity contribution in [1.29, 1.82) is 0 Å². The number of esters is 1. The monoisotopic (exact) mass is 532 g/mol. The van der Waals surface area contributed by atoms with Gasteiger partial charge in [0.15, 0.2) is 8.32 Å². The number of ether oxygens (including phenoxy) is 1. The minimum atomic E-state index is -2.09. The molecule has 0 aromatic heterocycles. The third-order valence-corrected chi connectivity index (χ3v) is 19.1. The van der Waals surface area contributed by atoms with Gasteiger partial charge in [-0.05, 0) is 52.8 Å². The van der Waals surface area contributed by atoms with Crippen LogP contribution in [0.15, 0.2) is 36.4 Å². The molecular formula is C30H52O4Si2. The Morgan fingerprint density at radius 2 is 1.53 bits per heavy atom. The van der Waals surface area contributed by atoms with Crippen LogP contribution < -0.4 is 0 Å². The second-order valence-electron chi connectivity index (χ2n) is 12.9. The number of rotatable bonds is 7. The average molecular weight is 533 g/mol. The molecule has 204 valence electrons. The molecule has 0 amide bonds. The third-order valence-electron chi connectivity index (χ3n) is 8.42. The number of fused-ring (bicyclic) bond motifs is 1. The highest BCUT2D eigenvalue weighted by Gasteiger charge is 2.47. The zero-order valence-corrected chi connectivity index (χ0v) is 26.8. The van der Waals surface area contributed by atoms with Gasteiger partial charge in [-0.25, -0.2) is 4.79 Å². The molecule has 0 fully saturated rings. The van der Waals surface area contributed by atoms with Crippen LogP contribution in [0.25, 0.3) is 0 Å². The normalized spacial score (nSPS) is 21.7. The van der Waals surface area contributed by atoms with Crippen LogP contribution in [0.5, 0.6) is 0 Å². The van der Waals surface area contributed by atoms with Crippen molar-refractivity contribution >= 4 is 22.6 Å². The lowest BCUT2D eigenvalue weighted by molar-refractivity contribution is 0.0399. The lowest BCUT2D eigenvalue weighted by atomic mass is 10.0. The van der Waals surface area contributed by atoms with Crippen LogP contribution >= 0.6 is 0 Å². The zero-order valence-electron chi connectivity index (χ0n) is 24.8. The van der Waals surface area contributed by atoms with Crippen molar-refractivity contribution in [1.82, 2.24) is 0 Å². The van der Waals surface area contributed by atoms with E-state index in [2.05, 4.69) is 87.6 Å². The van der Waals surface area contributed by atoms with E-state index in [9.17, 15) is 4.79 Å². The Morgan fingerprint density at radius 3 is 2.08 bits per heavy atom. The molecule has 0 aliphatic carbocycles. The first-order valence-corrected chi connectivity index (χ1v) is 18.9. The Kier molecular flexibility index (Phi) is 10.8. The number of hydrogen-bond donors (Lipinski definition) is 0. The molecule has 1 aliphatic heterocycles. The highest BCUT2D eigenvalue weighted by molar-refractivity contribution is 6.77. The maximum atomic E-state index is 12.9. The zero-order chi connectivity index (χ0) is 27.3. The van der Waals surface area contributed by atoms with Gasteiger partial charge in [-0.15, -0.1) is 0 Å². The van der Waals surface area contributed by atoms with Gasteiger partial charge in [-0.3, -0.25) is 0 Å². The number of carbonyl (C=O) groups excluding carboxylic acids is 1. The van der Waals surface area contributed by atoms with Gasteiger partial charge in [0.2, 0.25) is 8.32 Å². The number of carbonyl (C=O) groups is 1. The Morgan fingerprint density at radius 1 is 0.944 bits per heavy atom. The molecule has 6 heteroatoms. The maximum absolute atomic E-state index is 12.9. The van der Waals surface area contributed by atoms with Crippen molar-refractivity contribution in [2.45, 2.75) is 129 Å². The van der Waals surface area contributed by atoms with Crippen LogP contribution in [0.4, 0.5) is 0 Å². The van der Waals surface area contributed by atoms with E-state index in [-0.39, 0.29) is 23.2 Å². The van der Waals surface area contributed by atoms with E-state index in [4.69, 9.17) is 13.6 Å². The van der Waals surface area contributed by atoms with Crippen LogP contribution in [0.2, 0.25) is 34.8 Å². The number of cyclic esters (lactones) is 1. The van der Waals surface area contributed by atoms with Gasteiger partial charge in [-0.1, -0.05) is 92.7 Å². The predicted molar refractivity (Wildman–Crippen MR) is 157 cm³/mol. The molecule has 0 radical (unpaired) electrons. The van der Waals surface area contributed by atoms with Gasteiger partial charge in [-0.2, -0.15) is 0 Å². The molecule has 2 atom stereocenters. The molecule has 1 aliphatic rings. The van der Waals surface area contributed by atoms with Crippen molar-refractivity contribution in [3.8, 4) is 0 Å². The quantitative estimate of drug-likeness (QED) is 0.200. The van der Waals surface area contributed by atoms with Crippen LogP contribution in [0, 0.1) is 0 Å². The standard InChI is InChI=1S/C30H52O4Si2/c1-22(2)36(23(3)4,24(5)6)34-26-17-14-16-25-15-12-13-18-28(25)29(31)32-20-19-27(21-26)33-35(10,11)30(7,8)9/h12-15,17-18,22-24,26-27H,16,19-21H2,1-11H3/b17-14+/t26-,27?/m1/s1. The summed E-state index contributed by atoms with van der Waals surface area (Å²) in [5, 5.41) is 0.102. The summed E-state index contributed by atoms with van der Waals surface area (Å²) in [6.07, 6.45) is 6.51. The van der Waals surface area contributed by atoms with E-state index >= 15 is 0 Å². The van der Waals surface area contributed by atoms with Gasteiger partial charge < -0.3 is 13.6 Å². The summed E-state index contributed by atoms with van der Waals surface area (Å²) < 4.78 is 20.0. The lowest BCUT2D eigenvalue weighted by Gasteiger charge is -2.45. The molecule has 0 saturated heterocycles. The first-order valence-electron chi connectivity index (χ1n) is 13.9. The fourth-order valence-electron chi connectivity index (χ4n) is 5.52. The summed E-state index contributed by atoms with van der Waals surface area (Å²) in [5.74, 6) is -0.246. The minimum absolute atomic E-state index is 0.0267. The molecule has 0 spiro atoms. The molecule has 0 saturated carbocycles. The number of hydrogen-bond acceptors (Lipinski definition) is 4. The van der Waals surface area contributed by atoms with E-state index in [1.54, 1.807) is 0 Å². The first-order chi connectivity index (χ1) is 16.6. The minimum Gasteiger partial charge on any atom is -0.462 e. The van der Waals surface area contributed by atoms with Crippen LogP contribution in [-0.2, 0) is 20.0 Å². The Balaban J connectivity index is 2.49. The topological polar surface area (TPSA) is 44.8 Å². The van der Waals surface area contributed by atoms with Crippen molar-refractivity contribution in [3.63, 3.8) is 0 Å². The fraction of sp³-hybridized carbons (Fsp3) is 0.700. The Labute approximate surface area is 223 Å². The molecule has 0 bridgehead atoms. The molecular weight excluding hydrogens is 480 g/mol. The SMILES string of the molecule is CC(C)[Si](O[C@@H]1/C=C/Cc2ccccc2C(=O)OCCC(O[Si](C)(C)C(C)(C)C)C1)(C(C)C)C(C)C. The highest BCUT2D eigenvalue weighted by Crippen LogP contribution is 2.44. The van der Waals surface area contributed by atoms with Crippen LogP contribution in [-0.4, -0.2) is 41.4 Å². The molecule has 1 heterocycles. The summed E-state index contributed by atoms with van der Waals surface area (Å²) in [6.45, 7) is 25.8. The smallest absolute Gasteiger partial charge is 0.338 e. The summed E-state index contributed by atoms with van der Waals surface area (Å²) in [6, 6.07) is 7.76. The number of allylic oxidation sites excluding steroid dienone is 1. The van der Waals surface area contributed by atoms with Crippen molar-refractivity contribution in [3.05, 3.63) is 47.5 Å². The van der Waals surface area contributed by atoms with Crippen LogP contribution in [0.1, 0.15) is 91.1 Å². The molecule has 0 N–H and O–H groups in total. The largest absolute Gasteiger partial charge is 0.462 e. The van der Waals surface area contributed by atoms with E-state index in [1.807, 2.05) is 24.3 Å². The molecule has 36 heavy (non-hydrogen) atoms. The van der Waals surface area contributed by atoms with E-state index in [0.29, 0.717) is 41.6 Å². The third kappa shape index (κ3) is 7.43. The Hall–Kier alpha value is -1.22. The molecule has 1 unspecified atom stereocenters. The van der Waals surface area contributed by atoms with E-state index in [0.717, 1.165) is 12.0 Å². The van der Waals surface area contributed by atoms with Gasteiger partial charge >= 0.3 is 5.97 Å². The number of benzene rings is 1. The predicted octanol–water partition coefficient (Wildman–Crippen LogP) is 8.69. The van der Waals surface area contributed by atoms with Gasteiger partial charge in [0.05, 0.1) is 24.4 Å². The second kappa shape index (κ2) is 12.6. The van der Waals surface area contributed by atoms with Crippen molar-refractivity contribution in [2.24, 2.45) is 0 Å². The second-order valence-corrected chi connectivity index (χ2v) is 23.1. The Bertz CT molecular complexity index is 861. The summed E-state index contributed by atoms with van der Waals surface area (Å²) >= 11 is 0. The van der Waals surface area contributed by atoms with E-state index < -0.39 is 16.6 Å². The van der Waals surface area contributed by atoms with Crippen LogP contribution in [0.3, 0.4) is 0 Å². The summed E-state index contributed by atoms with van der Waals surface area (Å²) in [4.78, 5) is 12.9. The molecule has 1 aromatic rings. The first kappa shape index (κ1) is 31.0. The highest BCUT2D eigenvalue weighted by atomic mass is 28.4. The van der Waals surface area contributed by atoms with Gasteiger partial charge in [0.1, 0.15) is 0 Å². The van der Waals surface area contributed by atoms with E-state index in [1.165, 1.54) is 0 Å². The molecule has 4 nitrogen and oxygen atoms in total. The fourth-order valence-corrected chi connectivity index (χ4v) is 12.4. The molecule has 1 aromatic carbocycles. The van der Waals surface area contributed by atoms with Gasteiger partial charge in [0.25, 0.3) is 0 Å². The molecule has 2 rings (SSSR count). The van der Waals surface area contributed by atoms with Crippen molar-refractivity contribution < 1.29 is 18.4 Å². The summed E-state index contributed by atoms with van der Waals surface area (Å²) in [5.41, 5.74) is 3.17. The maximum Gasteiger partial charge on any atom is 0.338 e. The average Bonchev–Trinajstić information content (AvgIpc) is 2.74. The summed E-state index contributed by atoms with van der Waals surface area (Å²) in [7, 11) is -4.11. The lowest BCUT2D eigenvalue weighted by Crippen LogP contribution is -2.51.